The normalized spacial score (nSPS) is 20.1. The smallest absolute Gasteiger partial charge is 0.256 e. The Bertz CT molecular complexity index is 1220. The predicted molar refractivity (Wildman–Crippen MR) is 134 cm³/mol. The van der Waals surface area contributed by atoms with Crippen LogP contribution in [0.2, 0.25) is 0 Å². The van der Waals surface area contributed by atoms with Crippen LogP contribution in [0.5, 0.6) is 0 Å². The lowest BCUT2D eigenvalue weighted by molar-refractivity contribution is -0.110. The number of carbonyl (C=O) groups excluding carboxylic acids is 1. The molecule has 34 heavy (non-hydrogen) atoms. The van der Waals surface area contributed by atoms with Crippen LogP contribution in [0.4, 0.5) is 5.69 Å². The molecule has 182 valence electrons. The van der Waals surface area contributed by atoms with Gasteiger partial charge in [0.1, 0.15) is 0 Å². The van der Waals surface area contributed by atoms with Crippen LogP contribution in [-0.2, 0) is 38.6 Å². The van der Waals surface area contributed by atoms with Gasteiger partial charge in [0, 0.05) is 42.0 Å². The van der Waals surface area contributed by atoms with Crippen LogP contribution in [0, 0.1) is 0 Å². The van der Waals surface area contributed by atoms with Crippen LogP contribution < -0.4 is 5.32 Å². The number of ether oxygens (including phenoxy) is 1. The predicted octanol–water partition coefficient (Wildman–Crippen LogP) is 3.44. The maximum atomic E-state index is 12.9. The fraction of sp³-hybridized carbons (Fsp3) is 0.500. The van der Waals surface area contributed by atoms with E-state index < -0.39 is 9.84 Å². The number of hydrogen-bond donors (Lipinski definition) is 2. The first-order valence-electron chi connectivity index (χ1n) is 12.3. The van der Waals surface area contributed by atoms with E-state index in [0.29, 0.717) is 16.8 Å². The number of fused-ring (bicyclic) bond motifs is 2. The van der Waals surface area contributed by atoms with Gasteiger partial charge < -0.3 is 15.0 Å². The van der Waals surface area contributed by atoms with E-state index in [1.54, 1.807) is 18.2 Å². The summed E-state index contributed by atoms with van der Waals surface area (Å²) in [5.41, 5.74) is 6.87. The molecule has 5 rings (SSSR count). The zero-order chi connectivity index (χ0) is 23.7. The van der Waals surface area contributed by atoms with Crippen molar-refractivity contribution in [2.75, 3.05) is 44.4 Å². The number of aromatic amines is 1. The highest BCUT2D eigenvalue weighted by Gasteiger charge is 2.27. The van der Waals surface area contributed by atoms with Crippen molar-refractivity contribution in [2.24, 2.45) is 0 Å². The molecule has 3 aliphatic rings. The van der Waals surface area contributed by atoms with Gasteiger partial charge in [-0.05, 0) is 80.5 Å². The second kappa shape index (κ2) is 9.68. The molecule has 1 amide bonds. The van der Waals surface area contributed by atoms with Crippen LogP contribution in [0.15, 0.2) is 23.1 Å². The number of anilines is 1. The van der Waals surface area contributed by atoms with Gasteiger partial charge in [0.2, 0.25) is 0 Å². The highest BCUT2D eigenvalue weighted by Crippen LogP contribution is 2.36. The average molecular weight is 484 g/mol. The molecule has 8 heteroatoms. The molecule has 2 aromatic rings. The van der Waals surface area contributed by atoms with Crippen LogP contribution in [-0.4, -0.2) is 63.3 Å². The Hall–Kier alpha value is -2.42. The third-order valence-electron chi connectivity index (χ3n) is 7.19. The van der Waals surface area contributed by atoms with Crippen molar-refractivity contribution in [3.63, 3.8) is 0 Å². The second-order valence-electron chi connectivity index (χ2n) is 9.58. The number of benzene rings is 1. The molecule has 0 saturated carbocycles. The van der Waals surface area contributed by atoms with Gasteiger partial charge in [-0.2, -0.15) is 0 Å². The van der Waals surface area contributed by atoms with E-state index in [0.717, 1.165) is 64.2 Å². The zero-order valence-electron chi connectivity index (χ0n) is 19.8. The molecule has 1 saturated heterocycles. The monoisotopic (exact) mass is 483 g/mol. The first-order chi connectivity index (χ1) is 16.4. The number of H-pyrrole nitrogens is 1. The van der Waals surface area contributed by atoms with Crippen molar-refractivity contribution in [2.45, 2.75) is 49.8 Å². The van der Waals surface area contributed by atoms with Crippen molar-refractivity contribution < 1.29 is 17.9 Å². The number of nitrogens with zero attached hydrogens (tertiary/aromatic N) is 1. The number of rotatable bonds is 6. The van der Waals surface area contributed by atoms with Crippen molar-refractivity contribution in [3.8, 4) is 0 Å². The molecular weight excluding hydrogens is 450 g/mol. The molecule has 1 fully saturated rings. The summed E-state index contributed by atoms with van der Waals surface area (Å²) in [6.07, 6.45) is 10.9. The zero-order valence-corrected chi connectivity index (χ0v) is 20.6. The lowest BCUT2D eigenvalue weighted by Crippen LogP contribution is -2.37. The number of hydrogen-bond acceptors (Lipinski definition) is 5. The minimum absolute atomic E-state index is 0.190. The molecule has 1 aliphatic carbocycles. The molecular formula is C26H33N3O4S. The van der Waals surface area contributed by atoms with E-state index in [1.807, 2.05) is 6.08 Å². The summed E-state index contributed by atoms with van der Waals surface area (Å²) in [6.45, 7) is 4.63. The SMILES string of the molecule is CS(=O)(=O)c1ccc2c(c1)C(=Cc1[nH]c3c(c1CCCN1CCOCC1)CCCCC3)C(=O)N2. The van der Waals surface area contributed by atoms with Gasteiger partial charge in [-0.3, -0.25) is 9.69 Å². The summed E-state index contributed by atoms with van der Waals surface area (Å²) < 4.78 is 29.7. The standard InChI is InChI=1S/C26H33N3O4S/c1-34(31,32)18-9-10-24-21(16-18)22(26(30)28-24)17-25-20(7-5-11-29-12-14-33-15-13-29)19-6-3-2-4-8-23(19)27-25/h9-10,16-17,27H,2-8,11-15H2,1H3,(H,28,30). The molecule has 7 nitrogen and oxygen atoms in total. The summed E-state index contributed by atoms with van der Waals surface area (Å²) in [5, 5.41) is 2.89. The van der Waals surface area contributed by atoms with Gasteiger partial charge in [-0.25, -0.2) is 8.42 Å². The van der Waals surface area contributed by atoms with Crippen molar-refractivity contribution in [3.05, 3.63) is 46.3 Å². The fourth-order valence-electron chi connectivity index (χ4n) is 5.35. The highest BCUT2D eigenvalue weighted by atomic mass is 32.2. The van der Waals surface area contributed by atoms with Gasteiger partial charge in [0.15, 0.2) is 9.84 Å². The largest absolute Gasteiger partial charge is 0.379 e. The Balaban J connectivity index is 1.48. The Morgan fingerprint density at radius 1 is 1.12 bits per heavy atom. The third-order valence-corrected chi connectivity index (χ3v) is 8.30. The molecule has 0 bridgehead atoms. The van der Waals surface area contributed by atoms with Crippen molar-refractivity contribution >= 4 is 33.1 Å². The van der Waals surface area contributed by atoms with E-state index in [-0.39, 0.29) is 10.8 Å². The average Bonchev–Trinajstić information content (AvgIpc) is 3.19. The molecule has 0 spiro atoms. The maximum Gasteiger partial charge on any atom is 0.256 e. The maximum absolute atomic E-state index is 12.9. The van der Waals surface area contributed by atoms with Gasteiger partial charge in [0.25, 0.3) is 5.91 Å². The molecule has 1 aromatic heterocycles. The molecule has 2 N–H and O–H groups in total. The Morgan fingerprint density at radius 3 is 2.71 bits per heavy atom. The Labute approximate surface area is 201 Å². The van der Waals surface area contributed by atoms with Gasteiger partial charge in [-0.15, -0.1) is 0 Å². The first-order valence-corrected chi connectivity index (χ1v) is 14.2. The summed E-state index contributed by atoms with van der Waals surface area (Å²) in [4.78, 5) is 19.2. The van der Waals surface area contributed by atoms with Crippen molar-refractivity contribution in [1.82, 2.24) is 9.88 Å². The van der Waals surface area contributed by atoms with E-state index in [4.69, 9.17) is 4.74 Å². The molecule has 0 atom stereocenters. The van der Waals surface area contributed by atoms with Crippen LogP contribution >= 0.6 is 0 Å². The molecule has 3 heterocycles. The number of carbonyl (C=O) groups is 1. The lowest BCUT2D eigenvalue weighted by Gasteiger charge is -2.26. The van der Waals surface area contributed by atoms with E-state index >= 15 is 0 Å². The first kappa shape index (κ1) is 23.3. The quantitative estimate of drug-likeness (QED) is 0.485. The summed E-state index contributed by atoms with van der Waals surface area (Å²) in [5.74, 6) is -0.190. The summed E-state index contributed by atoms with van der Waals surface area (Å²) >= 11 is 0. The topological polar surface area (TPSA) is 91.5 Å². The Kier molecular flexibility index (Phi) is 6.64. The number of morpholine rings is 1. The van der Waals surface area contributed by atoms with Crippen LogP contribution in [0.1, 0.15) is 53.8 Å². The highest BCUT2D eigenvalue weighted by molar-refractivity contribution is 7.90. The van der Waals surface area contributed by atoms with Gasteiger partial charge in [-0.1, -0.05) is 6.42 Å². The molecule has 0 radical (unpaired) electrons. The third kappa shape index (κ3) is 4.85. The van der Waals surface area contributed by atoms with E-state index in [1.165, 1.54) is 42.3 Å². The van der Waals surface area contributed by atoms with Gasteiger partial charge in [0.05, 0.1) is 23.7 Å². The summed E-state index contributed by atoms with van der Waals surface area (Å²) in [6, 6.07) is 4.84. The Morgan fingerprint density at radius 2 is 1.91 bits per heavy atom. The second-order valence-corrected chi connectivity index (χ2v) is 11.6. The minimum Gasteiger partial charge on any atom is -0.379 e. The number of nitrogens with one attached hydrogen (secondary N) is 2. The fourth-order valence-corrected chi connectivity index (χ4v) is 6.00. The number of amides is 1. The number of aromatic nitrogens is 1. The number of sulfone groups is 1. The van der Waals surface area contributed by atoms with Gasteiger partial charge >= 0.3 is 0 Å². The number of aryl methyl sites for hydroxylation is 1. The van der Waals surface area contributed by atoms with Crippen LogP contribution in [0.25, 0.3) is 11.6 Å². The van der Waals surface area contributed by atoms with Crippen LogP contribution in [0.3, 0.4) is 0 Å². The molecule has 2 aliphatic heterocycles. The lowest BCUT2D eigenvalue weighted by atomic mass is 9.98. The molecule has 1 aromatic carbocycles. The summed E-state index contributed by atoms with van der Waals surface area (Å²) in [7, 11) is -3.36. The molecule has 0 unspecified atom stereocenters. The van der Waals surface area contributed by atoms with E-state index in [9.17, 15) is 13.2 Å². The van der Waals surface area contributed by atoms with E-state index in [2.05, 4.69) is 15.2 Å². The van der Waals surface area contributed by atoms with Crippen molar-refractivity contribution in [1.29, 1.82) is 0 Å². The minimum atomic E-state index is -3.36.